The quantitative estimate of drug-likeness (QED) is 0.866. The lowest BCUT2D eigenvalue weighted by Gasteiger charge is -2.16. The molecule has 0 aliphatic carbocycles. The number of carbonyl (C=O) groups excluding carboxylic acids is 1. The molecular formula is C14H14F3N3O2S. The van der Waals surface area contributed by atoms with Gasteiger partial charge in [-0.25, -0.2) is 0 Å². The number of para-hydroxylation sites is 1. The molecule has 1 N–H and O–H groups in total. The lowest BCUT2D eigenvalue weighted by atomic mass is 10.2. The summed E-state index contributed by atoms with van der Waals surface area (Å²) in [7, 11) is 0. The summed E-state index contributed by atoms with van der Waals surface area (Å²) < 4.78 is 42.8. The third kappa shape index (κ3) is 4.92. The average Bonchev–Trinajstić information content (AvgIpc) is 2.96. The van der Waals surface area contributed by atoms with E-state index < -0.39 is 23.2 Å². The molecule has 1 unspecified atom stereocenters. The summed E-state index contributed by atoms with van der Waals surface area (Å²) in [5.41, 5.74) is 0.579. The van der Waals surface area contributed by atoms with E-state index in [9.17, 15) is 18.0 Å². The first-order chi connectivity index (χ1) is 10.9. The van der Waals surface area contributed by atoms with Crippen LogP contribution in [-0.2, 0) is 11.0 Å². The second kappa shape index (κ2) is 7.40. The molecule has 1 aromatic carbocycles. The summed E-state index contributed by atoms with van der Waals surface area (Å²) >= 11 is 0.268. The van der Waals surface area contributed by atoms with Crippen molar-refractivity contribution in [2.24, 2.45) is 0 Å². The summed E-state index contributed by atoms with van der Waals surface area (Å²) in [5, 5.41) is 7.64. The zero-order valence-electron chi connectivity index (χ0n) is 12.1. The molecule has 124 valence electrons. The van der Waals surface area contributed by atoms with Gasteiger partial charge >= 0.3 is 6.18 Å². The molecule has 0 aliphatic rings. The van der Waals surface area contributed by atoms with Crippen molar-refractivity contribution in [2.45, 2.75) is 32.0 Å². The predicted octanol–water partition coefficient (Wildman–Crippen LogP) is 3.74. The van der Waals surface area contributed by atoms with E-state index in [-0.39, 0.29) is 16.5 Å². The normalized spacial score (nSPS) is 12.7. The first kappa shape index (κ1) is 17.2. The van der Waals surface area contributed by atoms with Crippen LogP contribution in [0.15, 0.2) is 30.3 Å². The van der Waals surface area contributed by atoms with Gasteiger partial charge in [-0.3, -0.25) is 4.79 Å². The first-order valence-corrected chi connectivity index (χ1v) is 7.65. The Morgan fingerprint density at radius 3 is 2.57 bits per heavy atom. The second-order valence-electron chi connectivity index (χ2n) is 4.62. The Morgan fingerprint density at radius 2 is 2.00 bits per heavy atom. The Kier molecular flexibility index (Phi) is 5.54. The van der Waals surface area contributed by atoms with Crippen molar-refractivity contribution in [3.05, 3.63) is 35.3 Å². The Bertz CT molecular complexity index is 646. The molecule has 0 saturated heterocycles. The van der Waals surface area contributed by atoms with Gasteiger partial charge in [0, 0.05) is 5.69 Å². The lowest BCUT2D eigenvalue weighted by molar-refractivity contribution is -0.138. The Morgan fingerprint density at radius 1 is 1.30 bits per heavy atom. The van der Waals surface area contributed by atoms with Crippen LogP contribution in [0.1, 0.15) is 24.8 Å². The minimum atomic E-state index is -4.58. The van der Waals surface area contributed by atoms with Crippen molar-refractivity contribution in [1.29, 1.82) is 0 Å². The number of halogens is 3. The molecule has 0 aliphatic heterocycles. The Balaban J connectivity index is 2.06. The number of hydrogen-bond acceptors (Lipinski definition) is 5. The molecular weight excluding hydrogens is 331 g/mol. The van der Waals surface area contributed by atoms with E-state index in [0.717, 1.165) is 0 Å². The molecule has 1 heterocycles. The fourth-order valence-corrected chi connectivity index (χ4v) is 2.35. The monoisotopic (exact) mass is 345 g/mol. The van der Waals surface area contributed by atoms with E-state index in [1.54, 1.807) is 30.3 Å². The van der Waals surface area contributed by atoms with Crippen molar-refractivity contribution in [2.75, 3.05) is 5.32 Å². The second-order valence-corrected chi connectivity index (χ2v) is 5.56. The van der Waals surface area contributed by atoms with Crippen molar-refractivity contribution < 1.29 is 22.7 Å². The maximum Gasteiger partial charge on any atom is 0.445 e. The van der Waals surface area contributed by atoms with E-state index in [1.165, 1.54) is 0 Å². The number of ether oxygens (including phenoxy) is 1. The molecule has 1 aromatic heterocycles. The van der Waals surface area contributed by atoms with Gasteiger partial charge in [0.2, 0.25) is 5.01 Å². The Hall–Kier alpha value is -2.16. The van der Waals surface area contributed by atoms with Crippen molar-refractivity contribution in [3.8, 4) is 5.19 Å². The summed E-state index contributed by atoms with van der Waals surface area (Å²) in [5.74, 6) is -0.443. The summed E-state index contributed by atoms with van der Waals surface area (Å²) in [4.78, 5) is 12.2. The van der Waals surface area contributed by atoms with Crippen molar-refractivity contribution in [3.63, 3.8) is 0 Å². The first-order valence-electron chi connectivity index (χ1n) is 6.83. The number of nitrogens with one attached hydrogen (secondary N) is 1. The topological polar surface area (TPSA) is 64.1 Å². The van der Waals surface area contributed by atoms with Crippen molar-refractivity contribution in [1.82, 2.24) is 10.2 Å². The number of carbonyl (C=O) groups is 1. The molecule has 0 saturated carbocycles. The van der Waals surface area contributed by atoms with Gasteiger partial charge < -0.3 is 10.1 Å². The van der Waals surface area contributed by atoms with Crippen LogP contribution in [0.25, 0.3) is 0 Å². The van der Waals surface area contributed by atoms with Gasteiger partial charge in [0.05, 0.1) is 0 Å². The molecule has 0 bridgehead atoms. The highest BCUT2D eigenvalue weighted by atomic mass is 32.1. The standard InChI is InChI=1S/C14H14F3N3O2S/c1-2-6-10(11(21)18-9-7-4-3-5-8-9)22-13-20-19-12(23-13)14(15,16)17/h3-5,7-8,10H,2,6H2,1H3,(H,18,21). The number of amides is 1. The molecule has 23 heavy (non-hydrogen) atoms. The summed E-state index contributed by atoms with van der Waals surface area (Å²) in [6.07, 6.45) is -4.54. The fraction of sp³-hybridized carbons (Fsp3) is 0.357. The van der Waals surface area contributed by atoms with Gasteiger partial charge in [0.1, 0.15) is 0 Å². The SMILES string of the molecule is CCCC(Oc1nnc(C(F)(F)F)s1)C(=O)Nc1ccccc1. The smallest absolute Gasteiger partial charge is 0.445 e. The van der Waals surface area contributed by atoms with E-state index in [0.29, 0.717) is 18.5 Å². The number of hydrogen-bond donors (Lipinski definition) is 1. The zero-order chi connectivity index (χ0) is 16.9. The highest BCUT2D eigenvalue weighted by Crippen LogP contribution is 2.34. The number of alkyl halides is 3. The van der Waals surface area contributed by atoms with E-state index in [2.05, 4.69) is 15.5 Å². The van der Waals surface area contributed by atoms with E-state index >= 15 is 0 Å². The van der Waals surface area contributed by atoms with Crippen LogP contribution in [0.2, 0.25) is 0 Å². The van der Waals surface area contributed by atoms with Crippen LogP contribution in [0.3, 0.4) is 0 Å². The minimum Gasteiger partial charge on any atom is -0.455 e. The Labute approximate surface area is 134 Å². The third-order valence-corrected chi connectivity index (χ3v) is 3.64. The van der Waals surface area contributed by atoms with Crippen LogP contribution < -0.4 is 10.1 Å². The van der Waals surface area contributed by atoms with E-state index in [4.69, 9.17) is 4.74 Å². The third-order valence-electron chi connectivity index (χ3n) is 2.78. The molecule has 0 fully saturated rings. The number of benzene rings is 1. The molecule has 0 radical (unpaired) electrons. The number of nitrogens with zero attached hydrogens (tertiary/aromatic N) is 2. The van der Waals surface area contributed by atoms with Crippen LogP contribution in [0.4, 0.5) is 18.9 Å². The molecule has 5 nitrogen and oxygen atoms in total. The molecule has 0 spiro atoms. The number of anilines is 1. The molecule has 2 aromatic rings. The average molecular weight is 345 g/mol. The zero-order valence-corrected chi connectivity index (χ0v) is 12.9. The van der Waals surface area contributed by atoms with Gasteiger partial charge in [-0.15, -0.1) is 5.10 Å². The summed E-state index contributed by atoms with van der Waals surface area (Å²) in [6, 6.07) is 8.72. The molecule has 2 rings (SSSR count). The van der Waals surface area contributed by atoms with Crippen LogP contribution >= 0.6 is 11.3 Å². The lowest BCUT2D eigenvalue weighted by Crippen LogP contribution is -2.32. The minimum absolute atomic E-state index is 0.268. The van der Waals surface area contributed by atoms with Crippen LogP contribution in [-0.4, -0.2) is 22.2 Å². The summed E-state index contributed by atoms with van der Waals surface area (Å²) in [6.45, 7) is 1.84. The predicted molar refractivity (Wildman–Crippen MR) is 79.3 cm³/mol. The highest BCUT2D eigenvalue weighted by Gasteiger charge is 2.36. The van der Waals surface area contributed by atoms with Gasteiger partial charge in [-0.2, -0.15) is 13.2 Å². The fourth-order valence-electron chi connectivity index (χ4n) is 1.74. The van der Waals surface area contributed by atoms with Crippen LogP contribution in [0, 0.1) is 0 Å². The number of aromatic nitrogens is 2. The molecule has 9 heteroatoms. The van der Waals surface area contributed by atoms with Gasteiger partial charge in [-0.05, 0) is 18.6 Å². The maximum absolute atomic E-state index is 12.5. The number of rotatable bonds is 6. The highest BCUT2D eigenvalue weighted by molar-refractivity contribution is 7.13. The van der Waals surface area contributed by atoms with Gasteiger partial charge in [-0.1, -0.05) is 48.0 Å². The molecule has 1 atom stereocenters. The van der Waals surface area contributed by atoms with Gasteiger partial charge in [0.15, 0.2) is 6.10 Å². The maximum atomic E-state index is 12.5. The van der Waals surface area contributed by atoms with Crippen molar-refractivity contribution >= 4 is 22.9 Å². The van der Waals surface area contributed by atoms with Gasteiger partial charge in [0.25, 0.3) is 11.1 Å². The molecule has 1 amide bonds. The van der Waals surface area contributed by atoms with E-state index in [1.807, 2.05) is 6.92 Å². The van der Waals surface area contributed by atoms with Crippen LogP contribution in [0.5, 0.6) is 5.19 Å². The largest absolute Gasteiger partial charge is 0.455 e.